The fourth-order valence-corrected chi connectivity index (χ4v) is 2.28. The van der Waals surface area contributed by atoms with E-state index in [1.165, 1.54) is 6.26 Å². The van der Waals surface area contributed by atoms with Gasteiger partial charge in [-0.2, -0.15) is 0 Å². The minimum Gasteiger partial charge on any atom is -0.493 e. The van der Waals surface area contributed by atoms with Crippen molar-refractivity contribution in [1.29, 1.82) is 0 Å². The van der Waals surface area contributed by atoms with Crippen molar-refractivity contribution in [3.05, 3.63) is 65.0 Å². The molecule has 0 radical (unpaired) electrons. The largest absolute Gasteiger partial charge is 0.493 e. The molecule has 0 aliphatic rings. The third-order valence-electron chi connectivity index (χ3n) is 3.49. The Hall–Kier alpha value is -3.28. The van der Waals surface area contributed by atoms with Crippen LogP contribution < -0.4 is 14.9 Å². The van der Waals surface area contributed by atoms with Crippen LogP contribution in [0.3, 0.4) is 0 Å². The molecule has 6 heteroatoms. The van der Waals surface area contributed by atoms with Crippen molar-refractivity contribution in [3.8, 4) is 17.2 Å². The van der Waals surface area contributed by atoms with Crippen molar-refractivity contribution in [2.45, 2.75) is 12.8 Å². The molecule has 0 unspecified atom stereocenters. The fraction of sp³-hybridized carbons (Fsp3) is 0.158. The van der Waals surface area contributed by atoms with Crippen molar-refractivity contribution < 1.29 is 23.8 Å². The van der Waals surface area contributed by atoms with Crippen LogP contribution in [0.5, 0.6) is 17.2 Å². The predicted octanol–water partition coefficient (Wildman–Crippen LogP) is 3.83. The molecule has 3 aromatic rings. The summed E-state index contributed by atoms with van der Waals surface area (Å²) in [6, 6.07) is 13.8. The van der Waals surface area contributed by atoms with Crippen molar-refractivity contribution >= 4 is 16.9 Å². The molecule has 6 nitrogen and oxygen atoms in total. The number of fused-ring (bicyclic) bond motifs is 1. The number of hydrogen-bond donors (Lipinski definition) is 1. The lowest BCUT2D eigenvalue weighted by Gasteiger charge is -2.07. The summed E-state index contributed by atoms with van der Waals surface area (Å²) >= 11 is 0. The maximum atomic E-state index is 12.5. The maximum absolute atomic E-state index is 12.5. The average Bonchev–Trinajstić information content (AvgIpc) is 2.62. The van der Waals surface area contributed by atoms with E-state index in [9.17, 15) is 9.59 Å². The van der Waals surface area contributed by atoms with Gasteiger partial charge in [0.2, 0.25) is 11.2 Å². The van der Waals surface area contributed by atoms with E-state index in [1.54, 1.807) is 30.3 Å². The van der Waals surface area contributed by atoms with Gasteiger partial charge in [0.05, 0.1) is 12.0 Å². The summed E-state index contributed by atoms with van der Waals surface area (Å²) in [5.41, 5.74) is 0.101. The topological polar surface area (TPSA) is 86.0 Å². The van der Waals surface area contributed by atoms with Crippen LogP contribution in [-0.4, -0.2) is 17.7 Å². The van der Waals surface area contributed by atoms with Gasteiger partial charge in [-0.15, -0.1) is 0 Å². The van der Waals surface area contributed by atoms with Crippen LogP contribution in [0.4, 0.5) is 0 Å². The summed E-state index contributed by atoms with van der Waals surface area (Å²) in [7, 11) is 0. The Morgan fingerprint density at radius 2 is 1.88 bits per heavy atom. The lowest BCUT2D eigenvalue weighted by molar-refractivity contribution is -0.137. The van der Waals surface area contributed by atoms with Crippen LogP contribution >= 0.6 is 0 Å². The highest BCUT2D eigenvalue weighted by Gasteiger charge is 2.10. The van der Waals surface area contributed by atoms with E-state index in [1.807, 2.05) is 18.2 Å². The highest BCUT2D eigenvalue weighted by atomic mass is 16.5. The lowest BCUT2D eigenvalue weighted by Crippen LogP contribution is -2.05. The molecular weight excluding hydrogens is 324 g/mol. The molecule has 25 heavy (non-hydrogen) atoms. The first-order chi connectivity index (χ1) is 12.1. The molecule has 1 heterocycles. The Labute approximate surface area is 143 Å². The SMILES string of the molecule is O=C(O)CCCOc1ccc2c(=O)c(Oc3ccccc3)coc2c1. The molecule has 0 atom stereocenters. The molecular formula is C19H16O6. The van der Waals surface area contributed by atoms with E-state index in [0.717, 1.165) is 0 Å². The number of carboxylic acids is 1. The number of benzene rings is 2. The number of aliphatic carboxylic acids is 1. The number of ether oxygens (including phenoxy) is 2. The molecule has 0 bridgehead atoms. The van der Waals surface area contributed by atoms with E-state index in [2.05, 4.69) is 0 Å². The first-order valence-corrected chi connectivity index (χ1v) is 7.76. The van der Waals surface area contributed by atoms with Crippen LogP contribution in [0, 0.1) is 0 Å². The zero-order valence-electron chi connectivity index (χ0n) is 13.3. The second-order valence-corrected chi connectivity index (χ2v) is 5.35. The van der Waals surface area contributed by atoms with Crippen LogP contribution in [0.1, 0.15) is 12.8 Å². The van der Waals surface area contributed by atoms with Gasteiger partial charge in [-0.1, -0.05) is 18.2 Å². The number of para-hydroxylation sites is 1. The molecule has 0 aliphatic carbocycles. The second-order valence-electron chi connectivity index (χ2n) is 5.35. The summed E-state index contributed by atoms with van der Waals surface area (Å²) < 4.78 is 16.5. The van der Waals surface area contributed by atoms with E-state index in [0.29, 0.717) is 28.9 Å². The van der Waals surface area contributed by atoms with E-state index in [-0.39, 0.29) is 24.2 Å². The van der Waals surface area contributed by atoms with Gasteiger partial charge >= 0.3 is 5.97 Å². The molecule has 128 valence electrons. The van der Waals surface area contributed by atoms with Gasteiger partial charge in [0.1, 0.15) is 23.3 Å². The smallest absolute Gasteiger partial charge is 0.303 e. The van der Waals surface area contributed by atoms with Crippen molar-refractivity contribution in [3.63, 3.8) is 0 Å². The number of hydrogen-bond acceptors (Lipinski definition) is 5. The minimum atomic E-state index is -0.862. The molecule has 0 amide bonds. The Kier molecular flexibility index (Phi) is 4.99. The minimum absolute atomic E-state index is 0.0445. The highest BCUT2D eigenvalue weighted by Crippen LogP contribution is 2.24. The predicted molar refractivity (Wildman–Crippen MR) is 91.4 cm³/mol. The monoisotopic (exact) mass is 340 g/mol. The third-order valence-corrected chi connectivity index (χ3v) is 3.49. The second kappa shape index (κ2) is 7.53. The van der Waals surface area contributed by atoms with Gasteiger partial charge < -0.3 is 19.0 Å². The van der Waals surface area contributed by atoms with Crippen molar-refractivity contribution in [2.24, 2.45) is 0 Å². The summed E-state index contributed by atoms with van der Waals surface area (Å²) in [6.07, 6.45) is 1.72. The van der Waals surface area contributed by atoms with Crippen molar-refractivity contribution in [1.82, 2.24) is 0 Å². The van der Waals surface area contributed by atoms with Crippen molar-refractivity contribution in [2.75, 3.05) is 6.61 Å². The lowest BCUT2D eigenvalue weighted by atomic mass is 10.2. The van der Waals surface area contributed by atoms with Gasteiger partial charge in [-0.05, 0) is 30.7 Å². The summed E-state index contributed by atoms with van der Waals surface area (Å²) in [5, 5.41) is 8.98. The molecule has 3 rings (SSSR count). The van der Waals surface area contributed by atoms with E-state index in [4.69, 9.17) is 19.0 Å². The zero-order chi connectivity index (χ0) is 17.6. The maximum Gasteiger partial charge on any atom is 0.303 e. The molecule has 0 spiro atoms. The molecule has 0 aliphatic heterocycles. The standard InChI is InChI=1S/C19H16O6/c20-18(21)7-4-10-23-14-8-9-15-16(11-14)24-12-17(19(15)22)25-13-5-2-1-3-6-13/h1-3,5-6,8-9,11-12H,4,7,10H2,(H,20,21). The van der Waals surface area contributed by atoms with Gasteiger partial charge in [0.15, 0.2) is 0 Å². The number of carbonyl (C=O) groups is 1. The van der Waals surface area contributed by atoms with Crippen LogP contribution in [0.15, 0.2) is 64.0 Å². The molecule has 0 fully saturated rings. The van der Waals surface area contributed by atoms with Crippen LogP contribution in [-0.2, 0) is 4.79 Å². The Morgan fingerprint density at radius 1 is 1.08 bits per heavy atom. The van der Waals surface area contributed by atoms with Gasteiger partial charge in [0, 0.05) is 12.5 Å². The molecule has 2 aromatic carbocycles. The van der Waals surface area contributed by atoms with Crippen LogP contribution in [0.25, 0.3) is 11.0 Å². The van der Waals surface area contributed by atoms with Crippen LogP contribution in [0.2, 0.25) is 0 Å². The molecule has 0 saturated carbocycles. The first kappa shape index (κ1) is 16.6. The molecule has 1 aromatic heterocycles. The number of carboxylic acid groups (broad SMARTS) is 1. The summed E-state index contributed by atoms with van der Waals surface area (Å²) in [5.74, 6) is 0.304. The fourth-order valence-electron chi connectivity index (χ4n) is 2.28. The molecule has 1 N–H and O–H groups in total. The normalized spacial score (nSPS) is 10.6. The third kappa shape index (κ3) is 4.17. The van der Waals surface area contributed by atoms with Gasteiger partial charge in [-0.25, -0.2) is 0 Å². The van der Waals surface area contributed by atoms with E-state index < -0.39 is 5.97 Å². The Balaban J connectivity index is 1.77. The average molecular weight is 340 g/mol. The highest BCUT2D eigenvalue weighted by molar-refractivity contribution is 5.79. The zero-order valence-corrected chi connectivity index (χ0v) is 13.3. The number of rotatable bonds is 7. The quantitative estimate of drug-likeness (QED) is 0.658. The first-order valence-electron chi connectivity index (χ1n) is 7.76. The van der Waals surface area contributed by atoms with E-state index >= 15 is 0 Å². The van der Waals surface area contributed by atoms with Gasteiger partial charge in [0.25, 0.3) is 0 Å². The summed E-state index contributed by atoms with van der Waals surface area (Å²) in [4.78, 5) is 23.0. The Morgan fingerprint density at radius 3 is 2.64 bits per heavy atom. The van der Waals surface area contributed by atoms with Gasteiger partial charge in [-0.3, -0.25) is 9.59 Å². The Bertz CT molecular complexity index is 930. The molecule has 0 saturated heterocycles. The summed E-state index contributed by atoms with van der Waals surface area (Å²) in [6.45, 7) is 0.275.